The van der Waals surface area contributed by atoms with Crippen LogP contribution in [0.5, 0.6) is 0 Å². The number of benzene rings is 1. The van der Waals surface area contributed by atoms with Crippen LogP contribution < -0.4 is 10.6 Å². The molecule has 126 valence electrons. The highest BCUT2D eigenvalue weighted by molar-refractivity contribution is 6.10. The van der Waals surface area contributed by atoms with Crippen LogP contribution in [0.2, 0.25) is 0 Å². The zero-order chi connectivity index (χ0) is 16.9. The number of hydrogen-bond acceptors (Lipinski definition) is 2. The molecular formula is C19H28N2O2. The van der Waals surface area contributed by atoms with Crippen LogP contribution in [-0.4, -0.2) is 17.9 Å². The van der Waals surface area contributed by atoms with Crippen molar-refractivity contribution in [2.45, 2.75) is 65.3 Å². The first-order valence-corrected chi connectivity index (χ1v) is 8.59. The standard InChI is InChI=1S/C19H28N2O2/c1-14-10-8-9-13-16(14)21-18(23)19(2,3)17(22)20-15-11-6-4-5-7-12-15/h8-10,13,15H,4-7,11-12H2,1-3H3,(H,20,22)(H,21,23). The molecule has 1 aromatic carbocycles. The quantitative estimate of drug-likeness (QED) is 0.656. The summed E-state index contributed by atoms with van der Waals surface area (Å²) in [5.41, 5.74) is 0.655. The van der Waals surface area contributed by atoms with Gasteiger partial charge in [0.15, 0.2) is 0 Å². The van der Waals surface area contributed by atoms with Gasteiger partial charge < -0.3 is 10.6 Å². The van der Waals surface area contributed by atoms with E-state index in [-0.39, 0.29) is 17.9 Å². The molecule has 2 amide bonds. The summed E-state index contributed by atoms with van der Waals surface area (Å²) in [7, 11) is 0. The summed E-state index contributed by atoms with van der Waals surface area (Å²) in [6.45, 7) is 5.31. The molecule has 0 bridgehead atoms. The summed E-state index contributed by atoms with van der Waals surface area (Å²) in [4.78, 5) is 25.2. The Labute approximate surface area is 139 Å². The van der Waals surface area contributed by atoms with Gasteiger partial charge in [0.25, 0.3) is 0 Å². The topological polar surface area (TPSA) is 58.2 Å². The van der Waals surface area contributed by atoms with E-state index in [1.165, 1.54) is 12.8 Å². The van der Waals surface area contributed by atoms with Gasteiger partial charge in [-0.2, -0.15) is 0 Å². The molecule has 1 aliphatic carbocycles. The molecule has 0 aromatic heterocycles. The molecule has 23 heavy (non-hydrogen) atoms. The lowest BCUT2D eigenvalue weighted by Gasteiger charge is -2.26. The first-order chi connectivity index (χ1) is 10.9. The molecule has 1 fully saturated rings. The zero-order valence-corrected chi connectivity index (χ0v) is 14.4. The maximum absolute atomic E-state index is 12.6. The number of carbonyl (C=O) groups is 2. The number of anilines is 1. The number of aryl methyl sites for hydroxylation is 1. The van der Waals surface area contributed by atoms with Crippen LogP contribution in [0.3, 0.4) is 0 Å². The number of para-hydroxylation sites is 1. The molecule has 2 rings (SSSR count). The van der Waals surface area contributed by atoms with E-state index in [1.54, 1.807) is 13.8 Å². The van der Waals surface area contributed by atoms with Gasteiger partial charge in [-0.3, -0.25) is 9.59 Å². The van der Waals surface area contributed by atoms with Crippen molar-refractivity contribution in [3.63, 3.8) is 0 Å². The Balaban J connectivity index is 1.99. The summed E-state index contributed by atoms with van der Waals surface area (Å²) in [6.07, 6.45) is 6.82. The molecule has 0 saturated heterocycles. The van der Waals surface area contributed by atoms with Crippen LogP contribution in [0.4, 0.5) is 5.69 Å². The van der Waals surface area contributed by atoms with Crippen molar-refractivity contribution >= 4 is 17.5 Å². The predicted octanol–water partition coefficient (Wildman–Crippen LogP) is 3.80. The Bertz CT molecular complexity index is 558. The second-order valence-corrected chi connectivity index (χ2v) is 7.06. The summed E-state index contributed by atoms with van der Waals surface area (Å²) < 4.78 is 0. The molecule has 0 radical (unpaired) electrons. The summed E-state index contributed by atoms with van der Waals surface area (Å²) in [5, 5.41) is 5.96. The SMILES string of the molecule is Cc1ccccc1NC(=O)C(C)(C)C(=O)NC1CCCCCC1. The first kappa shape index (κ1) is 17.5. The fraction of sp³-hybridized carbons (Fsp3) is 0.579. The van der Waals surface area contributed by atoms with E-state index < -0.39 is 5.41 Å². The van der Waals surface area contributed by atoms with Gasteiger partial charge in [-0.05, 0) is 45.2 Å². The molecule has 0 atom stereocenters. The third-order valence-corrected chi connectivity index (χ3v) is 4.72. The van der Waals surface area contributed by atoms with Gasteiger partial charge in [0.1, 0.15) is 5.41 Å². The minimum Gasteiger partial charge on any atom is -0.352 e. The molecule has 2 N–H and O–H groups in total. The molecule has 1 aromatic rings. The molecule has 0 heterocycles. The van der Waals surface area contributed by atoms with Crippen LogP contribution in [0.15, 0.2) is 24.3 Å². The average Bonchev–Trinajstić information content (AvgIpc) is 2.78. The lowest BCUT2D eigenvalue weighted by Crippen LogP contribution is -2.48. The van der Waals surface area contributed by atoms with Crippen LogP contribution in [0.1, 0.15) is 57.9 Å². The molecule has 1 aliphatic rings. The summed E-state index contributed by atoms with van der Waals surface area (Å²) in [6, 6.07) is 7.80. The third-order valence-electron chi connectivity index (χ3n) is 4.72. The number of rotatable bonds is 4. The maximum atomic E-state index is 12.6. The van der Waals surface area contributed by atoms with Crippen LogP contribution in [0.25, 0.3) is 0 Å². The Morgan fingerprint density at radius 3 is 2.22 bits per heavy atom. The molecular weight excluding hydrogens is 288 g/mol. The van der Waals surface area contributed by atoms with Gasteiger partial charge in [0, 0.05) is 11.7 Å². The van der Waals surface area contributed by atoms with Gasteiger partial charge in [-0.1, -0.05) is 43.9 Å². The van der Waals surface area contributed by atoms with Crippen molar-refractivity contribution in [1.29, 1.82) is 0 Å². The van der Waals surface area contributed by atoms with Crippen LogP contribution >= 0.6 is 0 Å². The average molecular weight is 316 g/mol. The van der Waals surface area contributed by atoms with Crippen molar-refractivity contribution in [2.75, 3.05) is 5.32 Å². The Hall–Kier alpha value is -1.84. The van der Waals surface area contributed by atoms with Gasteiger partial charge in [0.2, 0.25) is 11.8 Å². The van der Waals surface area contributed by atoms with Gasteiger partial charge in [-0.25, -0.2) is 0 Å². The monoisotopic (exact) mass is 316 g/mol. The second kappa shape index (κ2) is 7.62. The van der Waals surface area contributed by atoms with E-state index in [4.69, 9.17) is 0 Å². The number of nitrogens with one attached hydrogen (secondary N) is 2. The molecule has 4 nitrogen and oxygen atoms in total. The Morgan fingerprint density at radius 1 is 1.00 bits per heavy atom. The van der Waals surface area contributed by atoms with E-state index in [0.717, 1.165) is 36.9 Å². The largest absolute Gasteiger partial charge is 0.352 e. The fourth-order valence-electron chi connectivity index (χ4n) is 2.88. The summed E-state index contributed by atoms with van der Waals surface area (Å²) in [5.74, 6) is -0.451. The van der Waals surface area contributed by atoms with E-state index in [9.17, 15) is 9.59 Å². The van der Waals surface area contributed by atoms with E-state index in [2.05, 4.69) is 10.6 Å². The van der Waals surface area contributed by atoms with E-state index >= 15 is 0 Å². The normalized spacial score (nSPS) is 16.5. The predicted molar refractivity (Wildman–Crippen MR) is 93.2 cm³/mol. The molecule has 0 spiro atoms. The van der Waals surface area contributed by atoms with Gasteiger partial charge >= 0.3 is 0 Å². The second-order valence-electron chi connectivity index (χ2n) is 7.06. The van der Waals surface area contributed by atoms with Crippen molar-refractivity contribution in [1.82, 2.24) is 5.32 Å². The fourth-order valence-corrected chi connectivity index (χ4v) is 2.88. The van der Waals surface area contributed by atoms with Gasteiger partial charge in [0.05, 0.1) is 0 Å². The van der Waals surface area contributed by atoms with E-state index in [1.807, 2.05) is 31.2 Å². The highest BCUT2D eigenvalue weighted by Gasteiger charge is 2.37. The van der Waals surface area contributed by atoms with Gasteiger partial charge in [-0.15, -0.1) is 0 Å². The molecule has 4 heteroatoms. The maximum Gasteiger partial charge on any atom is 0.239 e. The van der Waals surface area contributed by atoms with E-state index in [0.29, 0.717) is 0 Å². The Morgan fingerprint density at radius 2 is 1.61 bits per heavy atom. The minimum absolute atomic E-state index is 0.185. The van der Waals surface area contributed by atoms with Crippen molar-refractivity contribution in [3.05, 3.63) is 29.8 Å². The molecule has 0 aliphatic heterocycles. The van der Waals surface area contributed by atoms with Crippen molar-refractivity contribution in [2.24, 2.45) is 5.41 Å². The van der Waals surface area contributed by atoms with Crippen molar-refractivity contribution < 1.29 is 9.59 Å². The van der Waals surface area contributed by atoms with Crippen LogP contribution in [0, 0.1) is 12.3 Å². The number of carbonyl (C=O) groups excluding carboxylic acids is 2. The summed E-state index contributed by atoms with van der Waals surface area (Å²) >= 11 is 0. The highest BCUT2D eigenvalue weighted by Crippen LogP contribution is 2.23. The zero-order valence-electron chi connectivity index (χ0n) is 14.4. The lowest BCUT2D eigenvalue weighted by atomic mass is 9.90. The Kier molecular flexibility index (Phi) is 5.80. The number of hydrogen-bond donors (Lipinski definition) is 2. The minimum atomic E-state index is -1.09. The smallest absolute Gasteiger partial charge is 0.239 e. The molecule has 1 saturated carbocycles. The lowest BCUT2D eigenvalue weighted by molar-refractivity contribution is -0.138. The van der Waals surface area contributed by atoms with Crippen LogP contribution in [-0.2, 0) is 9.59 Å². The first-order valence-electron chi connectivity index (χ1n) is 8.59. The highest BCUT2D eigenvalue weighted by atomic mass is 16.2. The number of amides is 2. The molecule has 0 unspecified atom stereocenters. The van der Waals surface area contributed by atoms with Crippen molar-refractivity contribution in [3.8, 4) is 0 Å². The third kappa shape index (κ3) is 4.57.